The molecule has 0 unspecified atom stereocenters. The first-order valence-electron chi connectivity index (χ1n) is 9.67. The Morgan fingerprint density at radius 2 is 1.61 bits per heavy atom. The smallest absolute Gasteiger partial charge is 0.250 e. The fourth-order valence-corrected chi connectivity index (χ4v) is 3.86. The molecule has 0 bridgehead atoms. The maximum absolute atomic E-state index is 13.0. The molecule has 1 amide bonds. The topological polar surface area (TPSA) is 72.2 Å². The Morgan fingerprint density at radius 3 is 2.27 bits per heavy atom. The molecule has 6 nitrogen and oxygen atoms in total. The van der Waals surface area contributed by atoms with Gasteiger partial charge in [-0.3, -0.25) is 9.36 Å². The molecule has 0 atom stereocenters. The number of benzene rings is 3. The number of carbonyl (C=O) groups excluding carboxylic acids is 1. The third kappa shape index (κ3) is 5.98. The molecule has 3 aromatic carbocycles. The van der Waals surface area contributed by atoms with Gasteiger partial charge in [-0.25, -0.2) is 9.82 Å². The van der Waals surface area contributed by atoms with Crippen molar-refractivity contribution in [2.75, 3.05) is 5.75 Å². The lowest BCUT2D eigenvalue weighted by atomic mass is 10.2. The quantitative estimate of drug-likeness (QED) is 0.203. The molecule has 10 heteroatoms. The summed E-state index contributed by atoms with van der Waals surface area (Å²) in [5.74, 6) is 0.00579. The SMILES string of the molecule is O=C(CSc1nnc(-c2ccc(Cl)cc2)n1-c1ccc(Cl)cc1)N/N=C\c1ccc(F)cc1. The average Bonchev–Trinajstić information content (AvgIpc) is 3.24. The van der Waals surface area contributed by atoms with E-state index in [0.29, 0.717) is 26.6 Å². The maximum atomic E-state index is 13.0. The lowest BCUT2D eigenvalue weighted by molar-refractivity contribution is -0.118. The summed E-state index contributed by atoms with van der Waals surface area (Å²) < 4.78 is 14.8. The zero-order chi connectivity index (χ0) is 23.2. The Morgan fingerprint density at radius 1 is 0.970 bits per heavy atom. The molecule has 0 aliphatic heterocycles. The van der Waals surface area contributed by atoms with E-state index in [2.05, 4.69) is 20.7 Å². The highest BCUT2D eigenvalue weighted by molar-refractivity contribution is 7.99. The number of amides is 1. The Kier molecular flexibility index (Phi) is 7.39. The van der Waals surface area contributed by atoms with E-state index in [9.17, 15) is 9.18 Å². The number of hydrazone groups is 1. The van der Waals surface area contributed by atoms with E-state index in [-0.39, 0.29) is 17.5 Å². The van der Waals surface area contributed by atoms with Crippen molar-refractivity contribution in [1.82, 2.24) is 20.2 Å². The van der Waals surface area contributed by atoms with Crippen LogP contribution in [0.1, 0.15) is 5.56 Å². The van der Waals surface area contributed by atoms with E-state index in [0.717, 1.165) is 11.3 Å². The molecule has 33 heavy (non-hydrogen) atoms. The van der Waals surface area contributed by atoms with Gasteiger partial charge in [-0.2, -0.15) is 5.10 Å². The van der Waals surface area contributed by atoms with Gasteiger partial charge in [-0.1, -0.05) is 47.1 Å². The van der Waals surface area contributed by atoms with E-state index in [4.69, 9.17) is 23.2 Å². The summed E-state index contributed by atoms with van der Waals surface area (Å²) in [6.45, 7) is 0. The summed E-state index contributed by atoms with van der Waals surface area (Å²) >= 11 is 13.3. The van der Waals surface area contributed by atoms with Gasteiger partial charge in [0, 0.05) is 21.3 Å². The van der Waals surface area contributed by atoms with Crippen LogP contribution in [0.4, 0.5) is 4.39 Å². The van der Waals surface area contributed by atoms with E-state index in [1.807, 2.05) is 28.8 Å². The van der Waals surface area contributed by atoms with Gasteiger partial charge >= 0.3 is 0 Å². The van der Waals surface area contributed by atoms with Gasteiger partial charge in [0.05, 0.1) is 12.0 Å². The zero-order valence-corrected chi connectivity index (χ0v) is 19.3. The number of carbonyl (C=O) groups is 1. The molecule has 166 valence electrons. The third-order valence-corrected chi connectivity index (χ3v) is 5.86. The number of thioether (sulfide) groups is 1. The van der Waals surface area contributed by atoms with Crippen LogP contribution in [-0.2, 0) is 4.79 Å². The molecule has 1 heterocycles. The summed E-state index contributed by atoms with van der Waals surface area (Å²) in [6, 6.07) is 20.3. The number of nitrogens with zero attached hydrogens (tertiary/aromatic N) is 4. The highest BCUT2D eigenvalue weighted by Gasteiger charge is 2.17. The van der Waals surface area contributed by atoms with Crippen molar-refractivity contribution in [3.05, 3.63) is 94.2 Å². The molecule has 4 aromatic rings. The maximum Gasteiger partial charge on any atom is 0.250 e. The van der Waals surface area contributed by atoms with Crippen LogP contribution in [0.25, 0.3) is 17.1 Å². The molecule has 0 saturated heterocycles. The average molecular weight is 500 g/mol. The van der Waals surface area contributed by atoms with Gasteiger partial charge in [-0.05, 0) is 66.2 Å². The largest absolute Gasteiger partial charge is 0.272 e. The van der Waals surface area contributed by atoms with Crippen LogP contribution < -0.4 is 5.43 Å². The first-order valence-corrected chi connectivity index (χ1v) is 11.4. The second-order valence-electron chi connectivity index (χ2n) is 6.76. The number of hydrogen-bond acceptors (Lipinski definition) is 5. The van der Waals surface area contributed by atoms with Crippen LogP contribution in [0.3, 0.4) is 0 Å². The van der Waals surface area contributed by atoms with Crippen molar-refractivity contribution in [3.8, 4) is 17.1 Å². The predicted molar refractivity (Wildman–Crippen MR) is 130 cm³/mol. The summed E-state index contributed by atoms with van der Waals surface area (Å²) in [7, 11) is 0. The Balaban J connectivity index is 1.51. The molecular weight excluding hydrogens is 484 g/mol. The van der Waals surface area contributed by atoms with Crippen molar-refractivity contribution in [2.45, 2.75) is 5.16 Å². The molecule has 4 rings (SSSR count). The number of rotatable bonds is 7. The first kappa shape index (κ1) is 23.0. The molecule has 1 aromatic heterocycles. The van der Waals surface area contributed by atoms with Gasteiger partial charge in [0.25, 0.3) is 5.91 Å². The van der Waals surface area contributed by atoms with Crippen molar-refractivity contribution < 1.29 is 9.18 Å². The number of halogens is 3. The monoisotopic (exact) mass is 499 g/mol. The van der Waals surface area contributed by atoms with Crippen LogP contribution >= 0.6 is 35.0 Å². The summed E-state index contributed by atoms with van der Waals surface area (Å²) in [5.41, 5.74) is 4.74. The lowest BCUT2D eigenvalue weighted by Crippen LogP contribution is -2.20. The van der Waals surface area contributed by atoms with E-state index in [1.165, 1.54) is 30.1 Å². The standard InChI is InChI=1S/C23H16Cl2FN5OS/c24-17-5-3-16(4-6-17)22-29-30-23(31(22)20-11-7-18(25)8-12-20)33-14-21(32)28-27-13-15-1-9-19(26)10-2-15/h1-13H,14H2,(H,28,32)/b27-13-. The number of aromatic nitrogens is 3. The Hall–Kier alpha value is -3.20. The zero-order valence-electron chi connectivity index (χ0n) is 17.0. The molecular formula is C23H16Cl2FN5OS. The highest BCUT2D eigenvalue weighted by Crippen LogP contribution is 2.29. The predicted octanol–water partition coefficient (Wildman–Crippen LogP) is 5.62. The molecule has 0 aliphatic rings. The third-order valence-electron chi connectivity index (χ3n) is 4.43. The second kappa shape index (κ2) is 10.6. The fraction of sp³-hybridized carbons (Fsp3) is 0.0435. The van der Waals surface area contributed by atoms with Gasteiger partial charge in [0.1, 0.15) is 5.82 Å². The van der Waals surface area contributed by atoms with Crippen molar-refractivity contribution >= 4 is 47.1 Å². The van der Waals surface area contributed by atoms with Gasteiger partial charge in [-0.15, -0.1) is 10.2 Å². The van der Waals surface area contributed by atoms with E-state index < -0.39 is 0 Å². The van der Waals surface area contributed by atoms with Crippen molar-refractivity contribution in [1.29, 1.82) is 0 Å². The number of hydrogen-bond donors (Lipinski definition) is 1. The van der Waals surface area contributed by atoms with Crippen LogP contribution in [0.5, 0.6) is 0 Å². The van der Waals surface area contributed by atoms with Crippen molar-refractivity contribution in [2.24, 2.45) is 5.10 Å². The molecule has 0 aliphatic carbocycles. The second-order valence-corrected chi connectivity index (χ2v) is 8.57. The minimum atomic E-state index is -0.338. The van der Waals surface area contributed by atoms with E-state index >= 15 is 0 Å². The summed E-state index contributed by atoms with van der Waals surface area (Å²) in [4.78, 5) is 12.3. The molecule has 0 saturated carbocycles. The number of nitrogens with one attached hydrogen (secondary N) is 1. The Bertz CT molecular complexity index is 1280. The summed E-state index contributed by atoms with van der Waals surface area (Å²) in [5, 5.41) is 14.3. The highest BCUT2D eigenvalue weighted by atomic mass is 35.5. The van der Waals surface area contributed by atoms with Gasteiger partial charge < -0.3 is 0 Å². The normalized spacial score (nSPS) is 11.1. The van der Waals surface area contributed by atoms with Crippen LogP contribution in [0.2, 0.25) is 10.0 Å². The minimum Gasteiger partial charge on any atom is -0.272 e. The van der Waals surface area contributed by atoms with Gasteiger partial charge in [0.15, 0.2) is 11.0 Å². The minimum absolute atomic E-state index is 0.0626. The first-order chi connectivity index (χ1) is 16.0. The fourth-order valence-electron chi connectivity index (χ4n) is 2.86. The molecule has 1 N–H and O–H groups in total. The van der Waals surface area contributed by atoms with E-state index in [1.54, 1.807) is 36.4 Å². The molecule has 0 radical (unpaired) electrons. The summed E-state index contributed by atoms with van der Waals surface area (Å²) in [6.07, 6.45) is 1.44. The Labute approximate surface area is 203 Å². The van der Waals surface area contributed by atoms with Gasteiger partial charge in [0.2, 0.25) is 0 Å². The lowest BCUT2D eigenvalue weighted by Gasteiger charge is -2.10. The van der Waals surface area contributed by atoms with Crippen molar-refractivity contribution in [3.63, 3.8) is 0 Å². The molecule has 0 spiro atoms. The molecule has 0 fully saturated rings. The van der Waals surface area contributed by atoms with Crippen LogP contribution in [0.15, 0.2) is 83.1 Å². The van der Waals surface area contributed by atoms with Crippen LogP contribution in [-0.4, -0.2) is 32.6 Å². The van der Waals surface area contributed by atoms with Crippen LogP contribution in [0, 0.1) is 5.82 Å².